The Morgan fingerprint density at radius 3 is 2.50 bits per heavy atom. The molecular weight excluding hydrogens is 250 g/mol. The number of nitriles is 1. The fourth-order valence-corrected chi connectivity index (χ4v) is 1.67. The van der Waals surface area contributed by atoms with Gasteiger partial charge in [-0.05, 0) is 29.5 Å². The van der Waals surface area contributed by atoms with Crippen molar-refractivity contribution >= 4 is 12.0 Å². The van der Waals surface area contributed by atoms with Gasteiger partial charge in [-0.2, -0.15) is 5.26 Å². The first-order chi connectivity index (χ1) is 9.58. The maximum Gasteiger partial charge on any atom is 0.348 e. The average Bonchev–Trinajstić information content (AvgIpc) is 2.45. The van der Waals surface area contributed by atoms with Crippen molar-refractivity contribution in [3.63, 3.8) is 0 Å². The number of nitrogens with zero attached hydrogens (tertiary/aromatic N) is 1. The van der Waals surface area contributed by atoms with Crippen LogP contribution in [0.1, 0.15) is 50.7 Å². The van der Waals surface area contributed by atoms with Crippen LogP contribution in [0.3, 0.4) is 0 Å². The van der Waals surface area contributed by atoms with Gasteiger partial charge in [-0.3, -0.25) is 0 Å². The van der Waals surface area contributed by atoms with Crippen molar-refractivity contribution in [2.24, 2.45) is 0 Å². The highest BCUT2D eigenvalue weighted by Gasteiger charge is 2.10. The molecule has 1 aromatic carbocycles. The second-order valence-electron chi connectivity index (χ2n) is 4.98. The summed E-state index contributed by atoms with van der Waals surface area (Å²) in [6, 6.07) is 9.73. The number of rotatable bonds is 6. The maximum atomic E-state index is 11.7. The summed E-state index contributed by atoms with van der Waals surface area (Å²) >= 11 is 0. The summed E-state index contributed by atoms with van der Waals surface area (Å²) < 4.78 is 5.04. The van der Waals surface area contributed by atoms with Gasteiger partial charge in [0, 0.05) is 0 Å². The SMILES string of the molecule is CCCCOC(=O)/C(C#N)=C\c1ccc(C(C)C)cc1. The summed E-state index contributed by atoms with van der Waals surface area (Å²) in [5.74, 6) is -0.0867. The van der Waals surface area contributed by atoms with E-state index < -0.39 is 5.97 Å². The van der Waals surface area contributed by atoms with Crippen molar-refractivity contribution in [2.75, 3.05) is 6.61 Å². The van der Waals surface area contributed by atoms with Crippen LogP contribution in [0.25, 0.3) is 6.08 Å². The van der Waals surface area contributed by atoms with Gasteiger partial charge in [-0.25, -0.2) is 4.79 Å². The molecule has 0 atom stereocenters. The van der Waals surface area contributed by atoms with E-state index in [0.29, 0.717) is 12.5 Å². The number of hydrogen-bond donors (Lipinski definition) is 0. The van der Waals surface area contributed by atoms with E-state index >= 15 is 0 Å². The Labute approximate surface area is 120 Å². The van der Waals surface area contributed by atoms with E-state index in [4.69, 9.17) is 10.00 Å². The van der Waals surface area contributed by atoms with Crippen LogP contribution in [-0.4, -0.2) is 12.6 Å². The van der Waals surface area contributed by atoms with E-state index in [9.17, 15) is 4.79 Å². The number of carbonyl (C=O) groups is 1. The third-order valence-corrected chi connectivity index (χ3v) is 2.99. The molecule has 0 aliphatic rings. The predicted molar refractivity (Wildman–Crippen MR) is 80.0 cm³/mol. The van der Waals surface area contributed by atoms with Crippen LogP contribution in [0.4, 0.5) is 0 Å². The van der Waals surface area contributed by atoms with Gasteiger partial charge in [0.05, 0.1) is 6.61 Å². The molecule has 0 aliphatic carbocycles. The van der Waals surface area contributed by atoms with Gasteiger partial charge in [-0.1, -0.05) is 51.5 Å². The van der Waals surface area contributed by atoms with Gasteiger partial charge >= 0.3 is 5.97 Å². The summed E-state index contributed by atoms with van der Waals surface area (Å²) in [4.78, 5) is 11.7. The summed E-state index contributed by atoms with van der Waals surface area (Å²) in [7, 11) is 0. The van der Waals surface area contributed by atoms with Gasteiger partial charge in [0.25, 0.3) is 0 Å². The lowest BCUT2D eigenvalue weighted by Crippen LogP contribution is -2.07. The molecule has 0 amide bonds. The smallest absolute Gasteiger partial charge is 0.348 e. The van der Waals surface area contributed by atoms with Crippen LogP contribution in [0, 0.1) is 11.3 Å². The molecule has 0 aliphatic heterocycles. The van der Waals surface area contributed by atoms with Gasteiger partial charge in [0.2, 0.25) is 0 Å². The Bertz CT molecular complexity index is 507. The second kappa shape index (κ2) is 8.16. The van der Waals surface area contributed by atoms with Crippen molar-refractivity contribution < 1.29 is 9.53 Å². The molecule has 3 heteroatoms. The number of ether oxygens (including phenoxy) is 1. The van der Waals surface area contributed by atoms with Gasteiger partial charge in [-0.15, -0.1) is 0 Å². The van der Waals surface area contributed by atoms with E-state index in [-0.39, 0.29) is 5.57 Å². The molecule has 20 heavy (non-hydrogen) atoms. The Morgan fingerprint density at radius 2 is 2.00 bits per heavy atom. The quantitative estimate of drug-likeness (QED) is 0.339. The van der Waals surface area contributed by atoms with Gasteiger partial charge in [0.15, 0.2) is 0 Å². The summed E-state index contributed by atoms with van der Waals surface area (Å²) in [6.07, 6.45) is 3.33. The molecule has 0 saturated heterocycles. The zero-order valence-corrected chi connectivity index (χ0v) is 12.3. The zero-order chi connectivity index (χ0) is 15.0. The largest absolute Gasteiger partial charge is 0.462 e. The number of esters is 1. The minimum absolute atomic E-state index is 0.0402. The highest BCUT2D eigenvalue weighted by Crippen LogP contribution is 2.16. The first kappa shape index (κ1) is 16.0. The molecule has 3 nitrogen and oxygen atoms in total. The fraction of sp³-hybridized carbons (Fsp3) is 0.412. The Morgan fingerprint density at radius 1 is 1.35 bits per heavy atom. The third kappa shape index (κ3) is 4.89. The number of unbranched alkanes of at least 4 members (excludes halogenated alkanes) is 1. The van der Waals surface area contributed by atoms with Gasteiger partial charge in [0.1, 0.15) is 11.6 Å². The second-order valence-corrected chi connectivity index (χ2v) is 4.98. The molecule has 106 valence electrons. The molecule has 0 radical (unpaired) electrons. The summed E-state index contributed by atoms with van der Waals surface area (Å²) in [5, 5.41) is 9.04. The molecule has 0 N–H and O–H groups in total. The molecule has 1 aromatic rings. The zero-order valence-electron chi connectivity index (χ0n) is 12.3. The van der Waals surface area contributed by atoms with Crippen molar-refractivity contribution in [3.05, 3.63) is 41.0 Å². The predicted octanol–water partition coefficient (Wildman–Crippen LogP) is 4.06. The minimum Gasteiger partial charge on any atom is -0.462 e. The first-order valence-electron chi connectivity index (χ1n) is 6.97. The van der Waals surface area contributed by atoms with Crippen LogP contribution in [0.15, 0.2) is 29.8 Å². The van der Waals surface area contributed by atoms with Crippen molar-refractivity contribution in [1.82, 2.24) is 0 Å². The molecule has 0 bridgehead atoms. The average molecular weight is 271 g/mol. The van der Waals surface area contributed by atoms with Crippen molar-refractivity contribution in [2.45, 2.75) is 39.5 Å². The van der Waals surface area contributed by atoms with Crippen LogP contribution >= 0.6 is 0 Å². The number of carbonyl (C=O) groups excluding carboxylic acids is 1. The molecule has 1 rings (SSSR count). The van der Waals surface area contributed by atoms with Crippen LogP contribution in [-0.2, 0) is 9.53 Å². The Balaban J connectivity index is 2.78. The lowest BCUT2D eigenvalue weighted by Gasteiger charge is -2.05. The van der Waals surface area contributed by atoms with Crippen LogP contribution in [0.2, 0.25) is 0 Å². The van der Waals surface area contributed by atoms with Crippen LogP contribution < -0.4 is 0 Å². The van der Waals surface area contributed by atoms with E-state index in [1.165, 1.54) is 5.56 Å². The minimum atomic E-state index is -0.547. The maximum absolute atomic E-state index is 11.7. The highest BCUT2D eigenvalue weighted by atomic mass is 16.5. The highest BCUT2D eigenvalue weighted by molar-refractivity contribution is 5.97. The Hall–Kier alpha value is -2.08. The molecule has 0 unspecified atom stereocenters. The lowest BCUT2D eigenvalue weighted by molar-refractivity contribution is -0.138. The van der Waals surface area contributed by atoms with Crippen molar-refractivity contribution in [1.29, 1.82) is 5.26 Å². The monoisotopic (exact) mass is 271 g/mol. The van der Waals surface area contributed by atoms with E-state index in [1.54, 1.807) is 6.08 Å². The fourth-order valence-electron chi connectivity index (χ4n) is 1.67. The Kier molecular flexibility index (Phi) is 6.52. The molecule has 0 aromatic heterocycles. The standard InChI is InChI=1S/C17H21NO2/c1-4-5-10-20-17(19)16(12-18)11-14-6-8-15(9-7-14)13(2)3/h6-9,11,13H,4-5,10H2,1-3H3/b16-11-. The summed E-state index contributed by atoms with van der Waals surface area (Å²) in [5.41, 5.74) is 2.10. The van der Waals surface area contributed by atoms with E-state index in [2.05, 4.69) is 13.8 Å². The van der Waals surface area contributed by atoms with E-state index in [0.717, 1.165) is 18.4 Å². The molecule has 0 saturated carbocycles. The topological polar surface area (TPSA) is 50.1 Å². The first-order valence-corrected chi connectivity index (χ1v) is 6.97. The normalized spacial score (nSPS) is 11.2. The molecule has 0 heterocycles. The van der Waals surface area contributed by atoms with Crippen molar-refractivity contribution in [3.8, 4) is 6.07 Å². The number of hydrogen-bond acceptors (Lipinski definition) is 3. The van der Waals surface area contributed by atoms with E-state index in [1.807, 2.05) is 37.3 Å². The summed E-state index contributed by atoms with van der Waals surface area (Å²) in [6.45, 7) is 6.62. The molecular formula is C17H21NO2. The molecule has 0 spiro atoms. The number of benzene rings is 1. The third-order valence-electron chi connectivity index (χ3n) is 2.99. The molecule has 0 fully saturated rings. The lowest BCUT2D eigenvalue weighted by atomic mass is 10.0. The van der Waals surface area contributed by atoms with Crippen LogP contribution in [0.5, 0.6) is 0 Å². The van der Waals surface area contributed by atoms with Gasteiger partial charge < -0.3 is 4.74 Å².